The number of nitrogens with zero attached hydrogens (tertiary/aromatic N) is 3. The van der Waals surface area contributed by atoms with E-state index in [1.165, 1.54) is 11.8 Å². The fraction of sp³-hybridized carbons (Fsp3) is 0.125. The molecule has 0 saturated heterocycles. The van der Waals surface area contributed by atoms with Crippen LogP contribution in [0.1, 0.15) is 0 Å². The van der Waals surface area contributed by atoms with Gasteiger partial charge in [0.1, 0.15) is 11.5 Å². The summed E-state index contributed by atoms with van der Waals surface area (Å²) in [6, 6.07) is 22.6. The van der Waals surface area contributed by atoms with Gasteiger partial charge in [-0.15, -0.1) is 10.2 Å². The third-order valence-electron chi connectivity index (χ3n) is 4.78. The van der Waals surface area contributed by atoms with Gasteiger partial charge in [-0.1, -0.05) is 45.9 Å². The van der Waals surface area contributed by atoms with Crippen LogP contribution < -0.4 is 14.8 Å². The Morgan fingerprint density at radius 2 is 1.58 bits per heavy atom. The number of hydrogen-bond acceptors (Lipinski definition) is 6. The molecule has 7 nitrogen and oxygen atoms in total. The van der Waals surface area contributed by atoms with Gasteiger partial charge in [0.2, 0.25) is 5.91 Å². The van der Waals surface area contributed by atoms with E-state index in [0.717, 1.165) is 27.2 Å². The van der Waals surface area contributed by atoms with Crippen molar-refractivity contribution in [3.05, 3.63) is 77.3 Å². The van der Waals surface area contributed by atoms with Crippen molar-refractivity contribution in [2.24, 2.45) is 0 Å². The summed E-state index contributed by atoms with van der Waals surface area (Å²) in [5.41, 5.74) is 2.46. The quantitative estimate of drug-likeness (QED) is 0.309. The molecule has 0 unspecified atom stereocenters. The Morgan fingerprint density at radius 3 is 2.21 bits per heavy atom. The summed E-state index contributed by atoms with van der Waals surface area (Å²) in [5, 5.41) is 12.3. The summed E-state index contributed by atoms with van der Waals surface area (Å²) in [6.07, 6.45) is 0. The number of carbonyl (C=O) groups excluding carboxylic acids is 1. The predicted molar refractivity (Wildman–Crippen MR) is 133 cm³/mol. The molecule has 0 aliphatic rings. The maximum absolute atomic E-state index is 12.6. The summed E-state index contributed by atoms with van der Waals surface area (Å²) in [6.45, 7) is 0. The lowest BCUT2D eigenvalue weighted by molar-refractivity contribution is -0.113. The molecule has 9 heteroatoms. The first-order valence-corrected chi connectivity index (χ1v) is 11.8. The molecule has 1 heterocycles. The van der Waals surface area contributed by atoms with Crippen molar-refractivity contribution >= 4 is 39.3 Å². The number of aromatic nitrogens is 3. The Balaban J connectivity index is 1.59. The maximum Gasteiger partial charge on any atom is 0.234 e. The molecule has 0 aliphatic carbocycles. The molecule has 0 spiro atoms. The van der Waals surface area contributed by atoms with Crippen LogP contribution in [0.2, 0.25) is 0 Å². The highest BCUT2D eigenvalue weighted by atomic mass is 79.9. The highest BCUT2D eigenvalue weighted by molar-refractivity contribution is 9.10. The van der Waals surface area contributed by atoms with Gasteiger partial charge >= 0.3 is 0 Å². The second-order valence-electron chi connectivity index (χ2n) is 6.88. The topological polar surface area (TPSA) is 78.3 Å². The van der Waals surface area contributed by atoms with Gasteiger partial charge < -0.3 is 14.8 Å². The normalized spacial score (nSPS) is 10.6. The first-order chi connectivity index (χ1) is 16.1. The molecular formula is C24H21BrN4O3S. The number of benzene rings is 3. The number of ether oxygens (including phenoxy) is 2. The Hall–Kier alpha value is -3.30. The molecule has 0 saturated carbocycles. The van der Waals surface area contributed by atoms with Crippen molar-refractivity contribution < 1.29 is 14.3 Å². The zero-order valence-electron chi connectivity index (χ0n) is 18.0. The summed E-state index contributed by atoms with van der Waals surface area (Å²) in [4.78, 5) is 12.6. The van der Waals surface area contributed by atoms with Gasteiger partial charge in [0.15, 0.2) is 11.0 Å². The Bertz CT molecular complexity index is 1240. The third-order valence-corrected chi connectivity index (χ3v) is 6.41. The van der Waals surface area contributed by atoms with Crippen LogP contribution in [0.5, 0.6) is 11.5 Å². The summed E-state index contributed by atoms with van der Waals surface area (Å²) >= 11 is 4.91. The van der Waals surface area contributed by atoms with Crippen molar-refractivity contribution in [1.29, 1.82) is 0 Å². The molecule has 0 bridgehead atoms. The molecule has 4 aromatic rings. The number of methoxy groups -OCH3 is 2. The molecule has 0 fully saturated rings. The van der Waals surface area contributed by atoms with Crippen LogP contribution in [0.4, 0.5) is 5.69 Å². The second-order valence-corrected chi connectivity index (χ2v) is 8.68. The average molecular weight is 525 g/mol. The lowest BCUT2D eigenvalue weighted by Gasteiger charge is -2.12. The minimum Gasteiger partial charge on any atom is -0.497 e. The standard InChI is InChI=1S/C24H21BrN4O3S/c1-31-18-11-7-16(8-12-18)26-22(30)15-33-24-28-27-23(20-5-3-4-6-21(20)25)29(24)17-9-13-19(32-2)14-10-17/h3-14H,15H2,1-2H3,(H,26,30). The van der Waals surface area contributed by atoms with E-state index in [0.29, 0.717) is 16.7 Å². The highest BCUT2D eigenvalue weighted by Gasteiger charge is 2.19. The van der Waals surface area contributed by atoms with E-state index in [2.05, 4.69) is 31.4 Å². The summed E-state index contributed by atoms with van der Waals surface area (Å²) in [7, 11) is 3.23. The number of anilines is 1. The van der Waals surface area contributed by atoms with Crippen molar-refractivity contribution in [1.82, 2.24) is 14.8 Å². The average Bonchev–Trinajstić information content (AvgIpc) is 3.27. The molecule has 1 aromatic heterocycles. The first-order valence-electron chi connectivity index (χ1n) is 10.0. The molecule has 168 valence electrons. The van der Waals surface area contributed by atoms with Crippen molar-refractivity contribution in [3.63, 3.8) is 0 Å². The third kappa shape index (κ3) is 5.37. The van der Waals surface area contributed by atoms with Crippen molar-refractivity contribution in [3.8, 4) is 28.6 Å². The van der Waals surface area contributed by atoms with Crippen LogP contribution in [-0.4, -0.2) is 40.6 Å². The first kappa shape index (κ1) is 22.9. The molecule has 33 heavy (non-hydrogen) atoms. The van der Waals surface area contributed by atoms with Gasteiger partial charge in [0.25, 0.3) is 0 Å². The fourth-order valence-electron chi connectivity index (χ4n) is 3.15. The molecule has 4 rings (SSSR count). The number of rotatable bonds is 8. The van der Waals surface area contributed by atoms with Gasteiger partial charge in [-0.05, 0) is 54.6 Å². The van der Waals surface area contributed by atoms with Crippen LogP contribution in [0, 0.1) is 0 Å². The van der Waals surface area contributed by atoms with E-state index in [1.54, 1.807) is 38.5 Å². The number of thioether (sulfide) groups is 1. The van der Waals surface area contributed by atoms with Crippen LogP contribution in [0.25, 0.3) is 17.1 Å². The van der Waals surface area contributed by atoms with E-state index < -0.39 is 0 Å². The molecule has 0 radical (unpaired) electrons. The lowest BCUT2D eigenvalue weighted by Crippen LogP contribution is -2.14. The van der Waals surface area contributed by atoms with Gasteiger partial charge in [-0.2, -0.15) is 0 Å². The van der Waals surface area contributed by atoms with Gasteiger partial charge in [-0.3, -0.25) is 9.36 Å². The van der Waals surface area contributed by atoms with Gasteiger partial charge in [0.05, 0.1) is 20.0 Å². The number of nitrogens with one attached hydrogen (secondary N) is 1. The summed E-state index contributed by atoms with van der Waals surface area (Å²) < 4.78 is 13.3. The largest absolute Gasteiger partial charge is 0.497 e. The zero-order chi connectivity index (χ0) is 23.2. The SMILES string of the molecule is COc1ccc(NC(=O)CSc2nnc(-c3ccccc3Br)n2-c2ccc(OC)cc2)cc1. The Morgan fingerprint density at radius 1 is 0.939 bits per heavy atom. The molecule has 0 atom stereocenters. The van der Waals surface area contributed by atoms with E-state index in [4.69, 9.17) is 9.47 Å². The zero-order valence-corrected chi connectivity index (χ0v) is 20.4. The van der Waals surface area contributed by atoms with E-state index in [9.17, 15) is 4.79 Å². The van der Waals surface area contributed by atoms with Crippen molar-refractivity contribution in [2.45, 2.75) is 5.16 Å². The lowest BCUT2D eigenvalue weighted by atomic mass is 10.2. The minimum absolute atomic E-state index is 0.142. The smallest absolute Gasteiger partial charge is 0.234 e. The second kappa shape index (κ2) is 10.5. The highest BCUT2D eigenvalue weighted by Crippen LogP contribution is 2.32. The molecule has 1 N–H and O–H groups in total. The van der Waals surface area contributed by atoms with Crippen LogP contribution in [-0.2, 0) is 4.79 Å². The van der Waals surface area contributed by atoms with E-state index in [-0.39, 0.29) is 11.7 Å². The minimum atomic E-state index is -0.142. The van der Waals surface area contributed by atoms with Crippen LogP contribution >= 0.6 is 27.7 Å². The number of amides is 1. The number of carbonyl (C=O) groups is 1. The van der Waals surface area contributed by atoms with Crippen LogP contribution in [0.15, 0.2) is 82.4 Å². The van der Waals surface area contributed by atoms with E-state index >= 15 is 0 Å². The molecule has 0 aliphatic heterocycles. The molecular weight excluding hydrogens is 504 g/mol. The summed E-state index contributed by atoms with van der Waals surface area (Å²) in [5.74, 6) is 2.19. The monoisotopic (exact) mass is 524 g/mol. The number of hydrogen-bond donors (Lipinski definition) is 1. The van der Waals surface area contributed by atoms with Crippen LogP contribution in [0.3, 0.4) is 0 Å². The Labute approximate surface area is 204 Å². The number of halogens is 1. The predicted octanol–water partition coefficient (Wildman–Crippen LogP) is 5.44. The molecule has 1 amide bonds. The van der Waals surface area contributed by atoms with Gasteiger partial charge in [0, 0.05) is 21.4 Å². The molecule has 3 aromatic carbocycles. The van der Waals surface area contributed by atoms with E-state index in [1.807, 2.05) is 53.1 Å². The fourth-order valence-corrected chi connectivity index (χ4v) is 4.36. The van der Waals surface area contributed by atoms with Gasteiger partial charge in [-0.25, -0.2) is 0 Å². The van der Waals surface area contributed by atoms with Crippen molar-refractivity contribution in [2.75, 3.05) is 25.3 Å². The maximum atomic E-state index is 12.6. The Kier molecular flexibility index (Phi) is 7.31.